The van der Waals surface area contributed by atoms with E-state index in [4.69, 9.17) is 0 Å². The third-order valence-corrected chi connectivity index (χ3v) is 1.56. The summed E-state index contributed by atoms with van der Waals surface area (Å²) in [5.74, 6) is -0.394. The Kier molecular flexibility index (Phi) is 51.8. The molecule has 0 heterocycles. The fraction of sp³-hybridized carbons (Fsp3) is 0.778. The highest BCUT2D eigenvalue weighted by Crippen LogP contribution is 1.69. The monoisotopic (exact) mass is 412 g/mol. The molecule has 0 aliphatic rings. The summed E-state index contributed by atoms with van der Waals surface area (Å²) in [5.41, 5.74) is 0. The van der Waals surface area contributed by atoms with Gasteiger partial charge in [0.05, 0.1) is 14.2 Å². The van der Waals surface area contributed by atoms with Crippen molar-refractivity contribution in [2.24, 2.45) is 0 Å². The van der Waals surface area contributed by atoms with E-state index in [1.165, 1.54) is 46.8 Å². The van der Waals surface area contributed by atoms with Crippen molar-refractivity contribution in [2.45, 2.75) is 27.7 Å². The Hall–Kier alpha value is -2.20. The topological polar surface area (TPSA) is 117 Å². The molecule has 2 amide bonds. The fourth-order valence-electron chi connectivity index (χ4n) is 0. The Morgan fingerprint density at radius 1 is 0.679 bits per heavy atom. The first kappa shape index (κ1) is 40.5. The summed E-state index contributed by atoms with van der Waals surface area (Å²) in [7, 11) is 17.5. The number of carbonyl (C=O) groups is 4. The maximum absolute atomic E-state index is 10.1. The molecule has 2 N–H and O–H groups in total. The number of carbonyl (C=O) groups excluding carboxylic acids is 4. The van der Waals surface area contributed by atoms with Crippen LogP contribution >= 0.6 is 0 Å². The van der Waals surface area contributed by atoms with Crippen molar-refractivity contribution in [2.75, 3.05) is 70.6 Å². The Balaban J connectivity index is -0.0000000525. The van der Waals surface area contributed by atoms with E-state index < -0.39 is 0 Å². The highest BCUT2D eigenvalue weighted by molar-refractivity contribution is 5.72. The molecule has 0 aromatic carbocycles. The zero-order valence-electron chi connectivity index (χ0n) is 20.3. The largest absolute Gasteiger partial charge is 0.469 e. The molecular formula is C18H44N4O6. The van der Waals surface area contributed by atoms with E-state index in [1.807, 2.05) is 40.1 Å². The molecule has 0 fully saturated rings. The van der Waals surface area contributed by atoms with E-state index in [0.717, 1.165) is 0 Å². The minimum absolute atomic E-state index is 0.00463. The van der Waals surface area contributed by atoms with E-state index >= 15 is 0 Å². The molecule has 0 saturated heterocycles. The summed E-state index contributed by atoms with van der Waals surface area (Å²) in [6, 6.07) is 0. The molecule has 0 bridgehead atoms. The highest BCUT2D eigenvalue weighted by Gasteiger charge is 1.87. The van der Waals surface area contributed by atoms with Crippen LogP contribution in [0.15, 0.2) is 0 Å². The normalized spacial score (nSPS) is 7.25. The van der Waals surface area contributed by atoms with Gasteiger partial charge in [-0.05, 0) is 35.2 Å². The lowest BCUT2D eigenvalue weighted by molar-refractivity contribution is -0.138. The van der Waals surface area contributed by atoms with Crippen LogP contribution in [0.4, 0.5) is 0 Å². The number of nitrogens with one attached hydrogen (secondary N) is 2. The average Bonchev–Trinajstić information content (AvgIpc) is 2.56. The second kappa shape index (κ2) is 35.8. The molecule has 0 aromatic heterocycles. The van der Waals surface area contributed by atoms with Crippen molar-refractivity contribution in [1.82, 2.24) is 20.4 Å². The summed E-state index contributed by atoms with van der Waals surface area (Å²) in [5, 5.41) is 5.14. The van der Waals surface area contributed by atoms with Crippen LogP contribution in [-0.4, -0.2) is 104 Å². The van der Waals surface area contributed by atoms with Crippen LogP contribution in [-0.2, 0) is 28.7 Å². The van der Waals surface area contributed by atoms with E-state index in [9.17, 15) is 19.2 Å². The van der Waals surface area contributed by atoms with Crippen molar-refractivity contribution >= 4 is 23.8 Å². The molecule has 10 heteroatoms. The van der Waals surface area contributed by atoms with E-state index in [0.29, 0.717) is 0 Å². The van der Waals surface area contributed by atoms with E-state index in [2.05, 4.69) is 20.1 Å². The minimum atomic E-state index is -0.245. The molecule has 0 aromatic rings. The van der Waals surface area contributed by atoms with Gasteiger partial charge in [-0.1, -0.05) is 0 Å². The molecule has 0 aliphatic heterocycles. The molecule has 10 nitrogen and oxygen atoms in total. The van der Waals surface area contributed by atoms with E-state index in [-0.39, 0.29) is 23.8 Å². The van der Waals surface area contributed by atoms with Crippen molar-refractivity contribution < 1.29 is 28.7 Å². The summed E-state index contributed by atoms with van der Waals surface area (Å²) in [4.78, 5) is 42.5. The molecule has 28 heavy (non-hydrogen) atoms. The lowest BCUT2D eigenvalue weighted by Gasteiger charge is -2.02. The molecular weight excluding hydrogens is 368 g/mol. The predicted octanol–water partition coefficient (Wildman–Crippen LogP) is 0.219. The number of rotatable bonds is 0. The zero-order chi connectivity index (χ0) is 24.3. The van der Waals surface area contributed by atoms with E-state index in [1.54, 1.807) is 21.1 Å². The van der Waals surface area contributed by atoms with Gasteiger partial charge in [0.2, 0.25) is 11.8 Å². The Labute approximate surface area is 171 Å². The van der Waals surface area contributed by atoms with Gasteiger partial charge >= 0.3 is 11.9 Å². The number of hydrogen-bond acceptors (Lipinski definition) is 8. The van der Waals surface area contributed by atoms with Gasteiger partial charge < -0.3 is 29.9 Å². The summed E-state index contributed by atoms with van der Waals surface area (Å²) in [6.07, 6.45) is 0. The van der Waals surface area contributed by atoms with Crippen LogP contribution in [0.25, 0.3) is 0 Å². The number of esters is 2. The molecule has 0 saturated carbocycles. The number of amides is 2. The van der Waals surface area contributed by atoms with Crippen LogP contribution in [0.3, 0.4) is 0 Å². The third kappa shape index (κ3) is 203. The van der Waals surface area contributed by atoms with Crippen LogP contribution in [0.1, 0.15) is 27.7 Å². The van der Waals surface area contributed by atoms with Crippen molar-refractivity contribution in [3.8, 4) is 0 Å². The van der Waals surface area contributed by atoms with Crippen molar-refractivity contribution in [3.05, 3.63) is 0 Å². The maximum Gasteiger partial charge on any atom is 0.302 e. The first-order valence-corrected chi connectivity index (χ1v) is 8.25. The molecule has 172 valence electrons. The quantitative estimate of drug-likeness (QED) is 0.543. The number of nitrogens with zero attached hydrogens (tertiary/aromatic N) is 2. The molecule has 0 aliphatic carbocycles. The second-order valence-corrected chi connectivity index (χ2v) is 5.45. The smallest absolute Gasteiger partial charge is 0.302 e. The minimum Gasteiger partial charge on any atom is -0.469 e. The molecule has 0 radical (unpaired) electrons. The van der Waals surface area contributed by atoms with Crippen LogP contribution < -0.4 is 10.6 Å². The van der Waals surface area contributed by atoms with Crippen molar-refractivity contribution in [3.63, 3.8) is 0 Å². The standard InChI is InChI=1S/C4H9NO.C3H7NO.C3H9N.2C3H6O2.C2H7N/c1-4(6)5(2)3;1-3(5)4-2;1-4(2)3;2*1-3(4)5-2;1-3-2/h1-3H3;1-2H3,(H,4,5);1-3H3;2*1-2H3;3H,1-2H3. The SMILES string of the molecule is CC(=O)N(C)C.CN(C)C.CNC.CNC(C)=O.COC(C)=O.COC(C)=O. The maximum atomic E-state index is 10.1. The fourth-order valence-corrected chi connectivity index (χ4v) is 0. The summed E-state index contributed by atoms with van der Waals surface area (Å²) < 4.78 is 8.22. The Morgan fingerprint density at radius 2 is 0.786 bits per heavy atom. The number of ether oxygens (including phenoxy) is 2. The number of hydrogen-bond donors (Lipinski definition) is 2. The first-order chi connectivity index (χ1) is 12.6. The van der Waals surface area contributed by atoms with Gasteiger partial charge in [0.1, 0.15) is 0 Å². The summed E-state index contributed by atoms with van der Waals surface area (Å²) >= 11 is 0. The lowest BCUT2D eigenvalue weighted by atomic mass is 10.7. The molecule has 0 unspecified atom stereocenters. The first-order valence-electron chi connectivity index (χ1n) is 8.25. The van der Waals surface area contributed by atoms with Gasteiger partial charge in [-0.2, -0.15) is 0 Å². The molecule has 0 atom stereocenters. The lowest BCUT2D eigenvalue weighted by Crippen LogP contribution is -2.17. The van der Waals surface area contributed by atoms with Crippen LogP contribution in [0, 0.1) is 0 Å². The van der Waals surface area contributed by atoms with Gasteiger partial charge in [0.25, 0.3) is 0 Å². The Morgan fingerprint density at radius 3 is 0.786 bits per heavy atom. The number of methoxy groups -OCH3 is 2. The molecule has 0 spiro atoms. The summed E-state index contributed by atoms with van der Waals surface area (Å²) in [6.45, 7) is 5.72. The predicted molar refractivity (Wildman–Crippen MR) is 114 cm³/mol. The highest BCUT2D eigenvalue weighted by atomic mass is 16.5. The van der Waals surface area contributed by atoms with Crippen LogP contribution in [0.5, 0.6) is 0 Å². The Bertz CT molecular complexity index is 326. The molecule has 0 rings (SSSR count). The van der Waals surface area contributed by atoms with Crippen molar-refractivity contribution in [1.29, 1.82) is 0 Å². The third-order valence-electron chi connectivity index (χ3n) is 1.56. The van der Waals surface area contributed by atoms with Crippen LogP contribution in [0.2, 0.25) is 0 Å². The van der Waals surface area contributed by atoms with Gasteiger partial charge in [0, 0.05) is 48.8 Å². The zero-order valence-corrected chi connectivity index (χ0v) is 20.3. The second-order valence-electron chi connectivity index (χ2n) is 5.45. The van der Waals surface area contributed by atoms with Gasteiger partial charge in [-0.3, -0.25) is 19.2 Å². The average molecular weight is 413 g/mol. The van der Waals surface area contributed by atoms with Gasteiger partial charge in [-0.15, -0.1) is 0 Å². The van der Waals surface area contributed by atoms with Gasteiger partial charge in [-0.25, -0.2) is 0 Å². The van der Waals surface area contributed by atoms with Gasteiger partial charge in [0.15, 0.2) is 0 Å².